The summed E-state index contributed by atoms with van der Waals surface area (Å²) >= 11 is 0. The van der Waals surface area contributed by atoms with Crippen LogP contribution >= 0.6 is 0 Å². The molecule has 0 aliphatic carbocycles. The molecule has 0 aliphatic heterocycles. The number of amides is 1. The number of aromatic amines is 1. The summed E-state index contributed by atoms with van der Waals surface area (Å²) in [6, 6.07) is 3.00. The standard InChI is InChI=1S/C11H10F3N5O/c12-11(13,14)9(6-3-1-2-4-16-6)17-10(20)7-5-8(15)19-18-7/h1-5,9H,(H,17,20)(H3,15,18,19). The summed E-state index contributed by atoms with van der Waals surface area (Å²) in [6.07, 6.45) is -3.45. The fraction of sp³-hybridized carbons (Fsp3) is 0.182. The molecule has 0 saturated heterocycles. The Labute approximate surface area is 111 Å². The van der Waals surface area contributed by atoms with Gasteiger partial charge in [0.05, 0.1) is 5.69 Å². The van der Waals surface area contributed by atoms with Crippen LogP contribution in [0.25, 0.3) is 0 Å². The van der Waals surface area contributed by atoms with Gasteiger partial charge < -0.3 is 11.1 Å². The number of nitrogens with two attached hydrogens (primary N) is 1. The molecule has 1 unspecified atom stereocenters. The molecule has 2 aromatic heterocycles. The summed E-state index contributed by atoms with van der Waals surface area (Å²) in [5.74, 6) is -0.960. The van der Waals surface area contributed by atoms with Gasteiger partial charge in [-0.3, -0.25) is 14.9 Å². The number of halogens is 3. The molecule has 1 amide bonds. The maximum atomic E-state index is 13.0. The minimum atomic E-state index is -4.67. The van der Waals surface area contributed by atoms with Gasteiger partial charge in [-0.1, -0.05) is 6.07 Å². The molecule has 1 atom stereocenters. The van der Waals surface area contributed by atoms with Gasteiger partial charge in [-0.15, -0.1) is 0 Å². The van der Waals surface area contributed by atoms with Gasteiger partial charge in [0, 0.05) is 12.3 Å². The average molecular weight is 285 g/mol. The second kappa shape index (κ2) is 5.19. The summed E-state index contributed by atoms with van der Waals surface area (Å²) in [6.45, 7) is 0. The summed E-state index contributed by atoms with van der Waals surface area (Å²) in [5, 5.41) is 7.56. The maximum absolute atomic E-state index is 13.0. The van der Waals surface area contributed by atoms with Gasteiger partial charge in [-0.25, -0.2) is 0 Å². The Kier molecular flexibility index (Phi) is 3.59. The van der Waals surface area contributed by atoms with Crippen LogP contribution in [0.2, 0.25) is 0 Å². The molecule has 2 aromatic rings. The van der Waals surface area contributed by atoms with E-state index in [2.05, 4.69) is 15.2 Å². The van der Waals surface area contributed by atoms with E-state index in [1.165, 1.54) is 24.4 Å². The molecule has 0 aromatic carbocycles. The molecule has 6 nitrogen and oxygen atoms in total. The Balaban J connectivity index is 2.23. The summed E-state index contributed by atoms with van der Waals surface area (Å²) in [4.78, 5) is 15.3. The van der Waals surface area contributed by atoms with Crippen molar-refractivity contribution in [3.8, 4) is 0 Å². The molecule has 0 radical (unpaired) electrons. The normalized spacial score (nSPS) is 12.9. The zero-order chi connectivity index (χ0) is 14.8. The molecule has 0 saturated carbocycles. The van der Waals surface area contributed by atoms with E-state index in [0.29, 0.717) is 0 Å². The lowest BCUT2D eigenvalue weighted by Gasteiger charge is -2.20. The fourth-order valence-electron chi connectivity index (χ4n) is 1.53. The Hall–Kier alpha value is -2.58. The summed E-state index contributed by atoms with van der Waals surface area (Å²) in [5.41, 5.74) is 4.82. The van der Waals surface area contributed by atoms with Crippen molar-refractivity contribution in [1.82, 2.24) is 20.5 Å². The molecule has 2 heterocycles. The van der Waals surface area contributed by atoms with Crippen LogP contribution in [-0.2, 0) is 0 Å². The molecular weight excluding hydrogens is 275 g/mol. The summed E-state index contributed by atoms with van der Waals surface area (Å²) in [7, 11) is 0. The minimum absolute atomic E-state index is 0.0107. The van der Waals surface area contributed by atoms with Crippen LogP contribution in [0.3, 0.4) is 0 Å². The minimum Gasteiger partial charge on any atom is -0.382 e. The first-order chi connectivity index (χ1) is 9.38. The van der Waals surface area contributed by atoms with Gasteiger partial charge in [0.25, 0.3) is 5.91 Å². The van der Waals surface area contributed by atoms with Crippen molar-refractivity contribution in [2.24, 2.45) is 0 Å². The largest absolute Gasteiger partial charge is 0.414 e. The molecule has 0 spiro atoms. The van der Waals surface area contributed by atoms with Gasteiger partial charge in [-0.2, -0.15) is 18.3 Å². The quantitative estimate of drug-likeness (QED) is 0.794. The number of pyridine rings is 1. The predicted molar refractivity (Wildman–Crippen MR) is 63.5 cm³/mol. The lowest BCUT2D eigenvalue weighted by molar-refractivity contribution is -0.156. The molecule has 106 valence electrons. The zero-order valence-electron chi connectivity index (χ0n) is 9.98. The molecule has 0 fully saturated rings. The molecule has 0 bridgehead atoms. The number of carbonyl (C=O) groups is 1. The first kappa shape index (κ1) is 13.8. The third-order valence-corrected chi connectivity index (χ3v) is 2.43. The van der Waals surface area contributed by atoms with Crippen LogP contribution in [0, 0.1) is 0 Å². The van der Waals surface area contributed by atoms with E-state index in [-0.39, 0.29) is 17.2 Å². The van der Waals surface area contributed by atoms with Gasteiger partial charge in [-0.05, 0) is 12.1 Å². The molecule has 2 rings (SSSR count). The van der Waals surface area contributed by atoms with Crippen molar-refractivity contribution in [2.45, 2.75) is 12.2 Å². The van der Waals surface area contributed by atoms with E-state index in [1.54, 1.807) is 0 Å². The Bertz CT molecular complexity index is 596. The smallest absolute Gasteiger partial charge is 0.382 e. The second-order valence-electron chi connectivity index (χ2n) is 3.91. The van der Waals surface area contributed by atoms with Crippen molar-refractivity contribution >= 4 is 11.7 Å². The number of carbonyl (C=O) groups excluding carboxylic acids is 1. The topological polar surface area (TPSA) is 96.7 Å². The number of nitrogens with zero attached hydrogens (tertiary/aromatic N) is 2. The number of hydrogen-bond donors (Lipinski definition) is 3. The van der Waals surface area contributed by atoms with Crippen LogP contribution in [0.5, 0.6) is 0 Å². The predicted octanol–water partition coefficient (Wildman–Crippen LogP) is 1.42. The zero-order valence-corrected chi connectivity index (χ0v) is 9.98. The second-order valence-corrected chi connectivity index (χ2v) is 3.91. The Morgan fingerprint density at radius 1 is 1.40 bits per heavy atom. The van der Waals surface area contributed by atoms with Gasteiger partial charge in [0.15, 0.2) is 6.04 Å². The first-order valence-electron chi connectivity index (χ1n) is 5.47. The number of aromatic nitrogens is 3. The van der Waals surface area contributed by atoms with E-state index in [9.17, 15) is 18.0 Å². The van der Waals surface area contributed by atoms with Gasteiger partial charge >= 0.3 is 6.18 Å². The maximum Gasteiger partial charge on any atom is 0.414 e. The summed E-state index contributed by atoms with van der Waals surface area (Å²) < 4.78 is 38.9. The lowest BCUT2D eigenvalue weighted by atomic mass is 10.1. The SMILES string of the molecule is Nc1cc(C(=O)NC(c2ccccn2)C(F)(F)F)[nH]n1. The van der Waals surface area contributed by atoms with Gasteiger partial charge in [0.1, 0.15) is 11.5 Å². The van der Waals surface area contributed by atoms with Crippen LogP contribution in [0.15, 0.2) is 30.5 Å². The van der Waals surface area contributed by atoms with Crippen molar-refractivity contribution in [3.05, 3.63) is 41.9 Å². The lowest BCUT2D eigenvalue weighted by Crippen LogP contribution is -2.38. The van der Waals surface area contributed by atoms with Crippen molar-refractivity contribution < 1.29 is 18.0 Å². The molecule has 20 heavy (non-hydrogen) atoms. The highest BCUT2D eigenvalue weighted by atomic mass is 19.4. The number of nitrogen functional groups attached to an aromatic ring is 1. The van der Waals surface area contributed by atoms with Crippen molar-refractivity contribution in [2.75, 3.05) is 5.73 Å². The van der Waals surface area contributed by atoms with Gasteiger partial charge in [0.2, 0.25) is 0 Å². The molecule has 0 aliphatic rings. The highest BCUT2D eigenvalue weighted by molar-refractivity contribution is 5.93. The average Bonchev–Trinajstić information content (AvgIpc) is 2.82. The number of anilines is 1. The Morgan fingerprint density at radius 3 is 2.65 bits per heavy atom. The van der Waals surface area contributed by atoms with Crippen LogP contribution < -0.4 is 11.1 Å². The van der Waals surface area contributed by atoms with E-state index >= 15 is 0 Å². The third kappa shape index (κ3) is 3.05. The van der Waals surface area contributed by atoms with Crippen molar-refractivity contribution in [3.63, 3.8) is 0 Å². The highest BCUT2D eigenvalue weighted by Crippen LogP contribution is 2.31. The van der Waals surface area contributed by atoms with E-state index in [0.717, 1.165) is 6.07 Å². The van der Waals surface area contributed by atoms with Crippen LogP contribution in [0.4, 0.5) is 19.0 Å². The number of nitrogens with one attached hydrogen (secondary N) is 2. The number of H-pyrrole nitrogens is 1. The molecular formula is C11H10F3N5O. The van der Waals surface area contributed by atoms with Crippen LogP contribution in [-0.4, -0.2) is 27.3 Å². The molecule has 9 heteroatoms. The number of hydrogen-bond acceptors (Lipinski definition) is 4. The van der Waals surface area contributed by atoms with E-state index < -0.39 is 18.1 Å². The van der Waals surface area contributed by atoms with E-state index in [1.807, 2.05) is 5.32 Å². The number of alkyl halides is 3. The highest BCUT2D eigenvalue weighted by Gasteiger charge is 2.43. The van der Waals surface area contributed by atoms with E-state index in [4.69, 9.17) is 5.73 Å². The van der Waals surface area contributed by atoms with Crippen LogP contribution in [0.1, 0.15) is 22.2 Å². The van der Waals surface area contributed by atoms with Crippen molar-refractivity contribution in [1.29, 1.82) is 0 Å². The monoisotopic (exact) mass is 285 g/mol. The third-order valence-electron chi connectivity index (χ3n) is 2.43. The fourth-order valence-corrected chi connectivity index (χ4v) is 1.53. The first-order valence-corrected chi connectivity index (χ1v) is 5.47. The number of rotatable bonds is 3. The molecule has 4 N–H and O–H groups in total. The Morgan fingerprint density at radius 2 is 2.15 bits per heavy atom.